The third-order valence-corrected chi connectivity index (χ3v) is 5.68. The molecular formula is C19H22N2O4. The van der Waals surface area contributed by atoms with Gasteiger partial charge in [-0.05, 0) is 36.4 Å². The van der Waals surface area contributed by atoms with E-state index in [-0.39, 0.29) is 11.5 Å². The van der Waals surface area contributed by atoms with Crippen molar-refractivity contribution in [2.24, 2.45) is 11.3 Å². The standard InChI is InChI=1S/C19H22N2O4/c1-12-2-3-13-7-14(17(22)20-16(13)6-12)8-21-9-15-10-25-5-4-19(15,11-21)18(23)24/h2-3,6-7,15H,4-5,8-11H2,1H3,(H,20,22)(H,23,24)/t15-,19+/m1/s1. The summed E-state index contributed by atoms with van der Waals surface area (Å²) in [5.41, 5.74) is 1.77. The van der Waals surface area contributed by atoms with Crippen LogP contribution in [0.4, 0.5) is 0 Å². The molecule has 6 heteroatoms. The maximum absolute atomic E-state index is 12.4. The van der Waals surface area contributed by atoms with E-state index >= 15 is 0 Å². The Morgan fingerprint density at radius 3 is 3.04 bits per heavy atom. The highest BCUT2D eigenvalue weighted by Gasteiger charge is 2.53. The molecule has 0 spiro atoms. The van der Waals surface area contributed by atoms with Gasteiger partial charge in [0.1, 0.15) is 0 Å². The zero-order valence-corrected chi connectivity index (χ0v) is 14.2. The highest BCUT2D eigenvalue weighted by Crippen LogP contribution is 2.42. The molecule has 3 heterocycles. The first-order valence-electron chi connectivity index (χ1n) is 8.64. The van der Waals surface area contributed by atoms with Gasteiger partial charge in [-0.25, -0.2) is 0 Å². The molecule has 6 nitrogen and oxygen atoms in total. The van der Waals surface area contributed by atoms with Gasteiger partial charge in [-0.15, -0.1) is 0 Å². The van der Waals surface area contributed by atoms with Crippen LogP contribution in [-0.2, 0) is 16.1 Å². The van der Waals surface area contributed by atoms with Gasteiger partial charge < -0.3 is 14.8 Å². The molecular weight excluding hydrogens is 320 g/mol. The lowest BCUT2D eigenvalue weighted by Gasteiger charge is -2.34. The van der Waals surface area contributed by atoms with Crippen LogP contribution in [0.25, 0.3) is 10.9 Å². The molecule has 1 aromatic carbocycles. The number of hydrogen-bond donors (Lipinski definition) is 2. The van der Waals surface area contributed by atoms with Crippen LogP contribution < -0.4 is 5.56 Å². The number of aliphatic carboxylic acids is 1. The number of carbonyl (C=O) groups is 1. The summed E-state index contributed by atoms with van der Waals surface area (Å²) in [5, 5.41) is 10.7. The summed E-state index contributed by atoms with van der Waals surface area (Å²) in [7, 11) is 0. The fraction of sp³-hybridized carbons (Fsp3) is 0.474. The first-order chi connectivity index (χ1) is 12.0. The van der Waals surface area contributed by atoms with Crippen molar-refractivity contribution in [3.63, 3.8) is 0 Å². The van der Waals surface area contributed by atoms with Crippen molar-refractivity contribution < 1.29 is 14.6 Å². The maximum Gasteiger partial charge on any atom is 0.311 e. The molecule has 0 radical (unpaired) electrons. The van der Waals surface area contributed by atoms with Crippen molar-refractivity contribution >= 4 is 16.9 Å². The lowest BCUT2D eigenvalue weighted by atomic mass is 9.74. The fourth-order valence-electron chi connectivity index (χ4n) is 4.24. The number of aromatic amines is 1. The summed E-state index contributed by atoms with van der Waals surface area (Å²) in [6.07, 6.45) is 0.539. The van der Waals surface area contributed by atoms with Crippen LogP contribution in [0.1, 0.15) is 17.5 Å². The molecule has 1 aromatic heterocycles. The van der Waals surface area contributed by atoms with E-state index in [1.165, 1.54) is 0 Å². The number of H-pyrrole nitrogens is 1. The fourth-order valence-corrected chi connectivity index (χ4v) is 4.24. The Kier molecular flexibility index (Phi) is 3.89. The van der Waals surface area contributed by atoms with Gasteiger partial charge in [-0.3, -0.25) is 14.5 Å². The normalized spacial score (nSPS) is 26.7. The number of benzene rings is 1. The number of aromatic nitrogens is 1. The minimum absolute atomic E-state index is 0.0130. The minimum Gasteiger partial charge on any atom is -0.481 e. The number of aryl methyl sites for hydroxylation is 1. The van der Waals surface area contributed by atoms with Crippen LogP contribution in [0.5, 0.6) is 0 Å². The molecule has 0 unspecified atom stereocenters. The van der Waals surface area contributed by atoms with Gasteiger partial charge in [0, 0.05) is 43.2 Å². The number of hydrogen-bond acceptors (Lipinski definition) is 4. The van der Waals surface area contributed by atoms with Crippen molar-refractivity contribution in [3.8, 4) is 0 Å². The summed E-state index contributed by atoms with van der Waals surface area (Å²) >= 11 is 0. The van der Waals surface area contributed by atoms with E-state index in [0.717, 1.165) is 16.5 Å². The van der Waals surface area contributed by atoms with Crippen molar-refractivity contribution in [3.05, 3.63) is 45.7 Å². The van der Waals surface area contributed by atoms with Gasteiger partial charge in [0.2, 0.25) is 0 Å². The molecule has 0 aliphatic carbocycles. The molecule has 2 N–H and O–H groups in total. The van der Waals surface area contributed by atoms with Gasteiger partial charge in [-0.2, -0.15) is 0 Å². The smallest absolute Gasteiger partial charge is 0.311 e. The van der Waals surface area contributed by atoms with Crippen LogP contribution in [0.2, 0.25) is 0 Å². The average Bonchev–Trinajstić information content (AvgIpc) is 2.95. The van der Waals surface area contributed by atoms with Gasteiger partial charge in [0.25, 0.3) is 5.56 Å². The van der Waals surface area contributed by atoms with E-state index in [1.807, 2.05) is 31.2 Å². The van der Waals surface area contributed by atoms with E-state index < -0.39 is 11.4 Å². The van der Waals surface area contributed by atoms with Crippen molar-refractivity contribution in [2.75, 3.05) is 26.3 Å². The van der Waals surface area contributed by atoms with E-state index in [0.29, 0.717) is 44.8 Å². The molecule has 2 aliphatic heterocycles. The molecule has 0 amide bonds. The van der Waals surface area contributed by atoms with Gasteiger partial charge in [0.15, 0.2) is 0 Å². The first-order valence-corrected chi connectivity index (χ1v) is 8.64. The number of pyridine rings is 1. The Labute approximate surface area is 145 Å². The summed E-state index contributed by atoms with van der Waals surface area (Å²) < 4.78 is 5.49. The molecule has 2 fully saturated rings. The number of likely N-dealkylation sites (tertiary alicyclic amines) is 1. The quantitative estimate of drug-likeness (QED) is 0.888. The highest BCUT2D eigenvalue weighted by atomic mass is 16.5. The highest BCUT2D eigenvalue weighted by molar-refractivity contribution is 5.79. The topological polar surface area (TPSA) is 82.6 Å². The second kappa shape index (κ2) is 5.97. The van der Waals surface area contributed by atoms with Crippen LogP contribution in [0.15, 0.2) is 29.1 Å². The number of nitrogens with one attached hydrogen (secondary N) is 1. The van der Waals surface area contributed by atoms with Crippen molar-refractivity contribution in [2.45, 2.75) is 19.9 Å². The molecule has 4 rings (SSSR count). The van der Waals surface area contributed by atoms with E-state index in [1.54, 1.807) is 0 Å². The number of rotatable bonds is 3. The summed E-state index contributed by atoms with van der Waals surface area (Å²) in [5.74, 6) is -0.757. The zero-order chi connectivity index (χ0) is 17.6. The number of carboxylic acids is 1. The molecule has 0 saturated carbocycles. The van der Waals surface area contributed by atoms with Crippen molar-refractivity contribution in [1.29, 1.82) is 0 Å². The molecule has 132 valence electrons. The van der Waals surface area contributed by atoms with Crippen LogP contribution in [-0.4, -0.2) is 47.3 Å². The molecule has 2 aromatic rings. The zero-order valence-electron chi connectivity index (χ0n) is 14.2. The van der Waals surface area contributed by atoms with Crippen molar-refractivity contribution in [1.82, 2.24) is 9.88 Å². The van der Waals surface area contributed by atoms with Crippen LogP contribution >= 0.6 is 0 Å². The molecule has 2 aliphatic rings. The summed E-state index contributed by atoms with van der Waals surface area (Å²) in [6, 6.07) is 7.90. The first kappa shape index (κ1) is 16.3. The average molecular weight is 342 g/mol. The molecule has 25 heavy (non-hydrogen) atoms. The molecule has 2 atom stereocenters. The Morgan fingerprint density at radius 1 is 1.44 bits per heavy atom. The van der Waals surface area contributed by atoms with Crippen LogP contribution in [0, 0.1) is 18.3 Å². The number of fused-ring (bicyclic) bond motifs is 2. The lowest BCUT2D eigenvalue weighted by molar-refractivity contribution is -0.157. The third kappa shape index (κ3) is 2.75. The Bertz CT molecular complexity index is 891. The number of carboxylic acid groups (broad SMARTS) is 1. The minimum atomic E-state index is -0.744. The Morgan fingerprint density at radius 2 is 2.28 bits per heavy atom. The van der Waals surface area contributed by atoms with E-state index in [2.05, 4.69) is 9.88 Å². The summed E-state index contributed by atoms with van der Waals surface area (Å²) in [4.78, 5) is 29.3. The molecule has 2 saturated heterocycles. The lowest BCUT2D eigenvalue weighted by Crippen LogP contribution is -2.44. The largest absolute Gasteiger partial charge is 0.481 e. The predicted octanol–water partition coefficient (Wildman–Crippen LogP) is 1.76. The van der Waals surface area contributed by atoms with E-state index in [4.69, 9.17) is 4.74 Å². The Balaban J connectivity index is 1.61. The van der Waals surface area contributed by atoms with E-state index in [9.17, 15) is 14.7 Å². The monoisotopic (exact) mass is 342 g/mol. The summed E-state index contributed by atoms with van der Waals surface area (Å²) in [6.45, 7) is 4.55. The molecule has 0 bridgehead atoms. The SMILES string of the molecule is Cc1ccc2cc(CN3C[C@@H]4COCC[C@]4(C(=O)O)C3)c(=O)[nH]c2c1. The number of ether oxygens (including phenoxy) is 1. The maximum atomic E-state index is 12.4. The van der Waals surface area contributed by atoms with Gasteiger partial charge >= 0.3 is 5.97 Å². The van der Waals surface area contributed by atoms with Gasteiger partial charge in [0.05, 0.1) is 12.0 Å². The second-order valence-corrected chi connectivity index (χ2v) is 7.37. The Hall–Kier alpha value is -2.18. The predicted molar refractivity (Wildman–Crippen MR) is 93.6 cm³/mol. The third-order valence-electron chi connectivity index (χ3n) is 5.68. The van der Waals surface area contributed by atoms with Gasteiger partial charge in [-0.1, -0.05) is 12.1 Å². The van der Waals surface area contributed by atoms with Crippen LogP contribution in [0.3, 0.4) is 0 Å². The number of nitrogens with zero attached hydrogens (tertiary/aromatic N) is 1. The second-order valence-electron chi connectivity index (χ2n) is 7.37.